The Morgan fingerprint density at radius 2 is 1.88 bits per heavy atom. The van der Waals surface area contributed by atoms with E-state index in [1.165, 1.54) is 0 Å². The van der Waals surface area contributed by atoms with E-state index in [-0.39, 0.29) is 6.10 Å². The summed E-state index contributed by atoms with van der Waals surface area (Å²) in [6.45, 7) is 7.21. The molecule has 1 aromatic rings. The molecule has 0 aliphatic carbocycles. The molecule has 0 unspecified atom stereocenters. The van der Waals surface area contributed by atoms with E-state index >= 15 is 0 Å². The van der Waals surface area contributed by atoms with Gasteiger partial charge < -0.3 is 14.6 Å². The van der Waals surface area contributed by atoms with Gasteiger partial charge in [0, 0.05) is 16.7 Å². The van der Waals surface area contributed by atoms with Gasteiger partial charge in [-0.3, -0.25) is 0 Å². The second-order valence-corrected chi connectivity index (χ2v) is 5.15. The van der Waals surface area contributed by atoms with Gasteiger partial charge in [-0.25, -0.2) is 0 Å². The molecule has 0 aliphatic heterocycles. The lowest BCUT2D eigenvalue weighted by Crippen LogP contribution is -2.19. The maximum absolute atomic E-state index is 10.1. The second kappa shape index (κ2) is 5.15. The lowest BCUT2D eigenvalue weighted by Gasteiger charge is -2.24. The van der Waals surface area contributed by atoms with Gasteiger partial charge in [-0.1, -0.05) is 11.6 Å². The SMILES string of the molecule is COc1cc(Cl)cc(C(C)(C)O)c1OC(C)C. The predicted molar refractivity (Wildman–Crippen MR) is 69.0 cm³/mol. The first-order chi connectivity index (χ1) is 7.75. The fourth-order valence-corrected chi connectivity index (χ4v) is 1.74. The minimum Gasteiger partial charge on any atom is -0.493 e. The van der Waals surface area contributed by atoms with Crippen LogP contribution < -0.4 is 9.47 Å². The number of methoxy groups -OCH3 is 1. The Morgan fingerprint density at radius 1 is 1.29 bits per heavy atom. The first-order valence-electron chi connectivity index (χ1n) is 5.52. The van der Waals surface area contributed by atoms with Crippen LogP contribution in [-0.4, -0.2) is 18.3 Å². The van der Waals surface area contributed by atoms with Crippen molar-refractivity contribution in [1.82, 2.24) is 0 Å². The lowest BCUT2D eigenvalue weighted by atomic mass is 9.97. The molecule has 1 rings (SSSR count). The molecular formula is C13H19ClO3. The lowest BCUT2D eigenvalue weighted by molar-refractivity contribution is 0.0724. The second-order valence-electron chi connectivity index (χ2n) is 4.71. The molecule has 3 nitrogen and oxygen atoms in total. The van der Waals surface area contributed by atoms with Crippen LogP contribution in [0.4, 0.5) is 0 Å². The van der Waals surface area contributed by atoms with Crippen LogP contribution in [-0.2, 0) is 5.60 Å². The van der Waals surface area contributed by atoms with Crippen LogP contribution in [0.3, 0.4) is 0 Å². The molecule has 17 heavy (non-hydrogen) atoms. The number of ether oxygens (including phenoxy) is 2. The summed E-state index contributed by atoms with van der Waals surface area (Å²) in [5.74, 6) is 1.07. The fraction of sp³-hybridized carbons (Fsp3) is 0.538. The van der Waals surface area contributed by atoms with Crippen molar-refractivity contribution in [3.63, 3.8) is 0 Å². The number of hydrogen-bond donors (Lipinski definition) is 1. The highest BCUT2D eigenvalue weighted by Crippen LogP contribution is 2.40. The quantitative estimate of drug-likeness (QED) is 0.900. The van der Waals surface area contributed by atoms with Crippen molar-refractivity contribution in [2.45, 2.75) is 39.4 Å². The van der Waals surface area contributed by atoms with Gasteiger partial charge in [0.1, 0.15) is 0 Å². The summed E-state index contributed by atoms with van der Waals surface area (Å²) in [4.78, 5) is 0. The Labute approximate surface area is 107 Å². The third kappa shape index (κ3) is 3.51. The van der Waals surface area contributed by atoms with Gasteiger partial charge in [0.25, 0.3) is 0 Å². The third-order valence-corrected chi connectivity index (χ3v) is 2.47. The molecule has 0 aromatic heterocycles. The van der Waals surface area contributed by atoms with E-state index in [1.807, 2.05) is 13.8 Å². The smallest absolute Gasteiger partial charge is 0.167 e. The standard InChI is InChI=1S/C13H19ClO3/c1-8(2)17-12-10(13(3,4)15)6-9(14)7-11(12)16-5/h6-8,15H,1-5H3. The van der Waals surface area contributed by atoms with Crippen LogP contribution in [0.25, 0.3) is 0 Å². The zero-order valence-electron chi connectivity index (χ0n) is 10.9. The summed E-state index contributed by atoms with van der Waals surface area (Å²) in [6, 6.07) is 3.37. The summed E-state index contributed by atoms with van der Waals surface area (Å²) in [6.07, 6.45) is -0.00817. The van der Waals surface area contributed by atoms with Crippen molar-refractivity contribution < 1.29 is 14.6 Å². The van der Waals surface area contributed by atoms with Crippen molar-refractivity contribution in [1.29, 1.82) is 0 Å². The van der Waals surface area contributed by atoms with E-state index in [4.69, 9.17) is 21.1 Å². The van der Waals surface area contributed by atoms with E-state index in [9.17, 15) is 5.11 Å². The Kier molecular flexibility index (Phi) is 4.28. The molecule has 0 heterocycles. The Balaban J connectivity index is 3.39. The van der Waals surface area contributed by atoms with Crippen LogP contribution in [0.2, 0.25) is 5.02 Å². The Morgan fingerprint density at radius 3 is 2.29 bits per heavy atom. The van der Waals surface area contributed by atoms with Crippen molar-refractivity contribution in [3.05, 3.63) is 22.7 Å². The normalized spacial score (nSPS) is 11.8. The number of halogens is 1. The van der Waals surface area contributed by atoms with Gasteiger partial charge in [-0.05, 0) is 33.8 Å². The number of benzene rings is 1. The monoisotopic (exact) mass is 258 g/mol. The average Bonchev–Trinajstić information content (AvgIpc) is 2.17. The molecule has 0 spiro atoms. The van der Waals surface area contributed by atoms with Crippen LogP contribution in [0.15, 0.2) is 12.1 Å². The molecule has 1 aromatic carbocycles. The first kappa shape index (κ1) is 14.1. The van der Waals surface area contributed by atoms with Crippen molar-refractivity contribution in [3.8, 4) is 11.5 Å². The van der Waals surface area contributed by atoms with Crippen LogP contribution in [0, 0.1) is 0 Å². The maximum atomic E-state index is 10.1. The largest absolute Gasteiger partial charge is 0.493 e. The molecule has 96 valence electrons. The predicted octanol–water partition coefficient (Wildman–Crippen LogP) is 3.36. The Hall–Kier alpha value is -0.930. The highest BCUT2D eigenvalue weighted by atomic mass is 35.5. The van der Waals surface area contributed by atoms with Gasteiger partial charge in [0.2, 0.25) is 0 Å². The molecule has 4 heteroatoms. The van der Waals surface area contributed by atoms with Gasteiger partial charge in [0.15, 0.2) is 11.5 Å². The first-order valence-corrected chi connectivity index (χ1v) is 5.90. The molecule has 0 aliphatic rings. The van der Waals surface area contributed by atoms with E-state index in [0.717, 1.165) is 0 Å². The summed E-state index contributed by atoms with van der Waals surface area (Å²) in [7, 11) is 1.55. The highest BCUT2D eigenvalue weighted by Gasteiger charge is 2.25. The summed E-state index contributed by atoms with van der Waals surface area (Å²) >= 11 is 6.00. The molecule has 1 N–H and O–H groups in total. The fourth-order valence-electron chi connectivity index (χ4n) is 1.53. The van der Waals surface area contributed by atoms with Crippen molar-refractivity contribution in [2.24, 2.45) is 0 Å². The van der Waals surface area contributed by atoms with Gasteiger partial charge in [-0.2, -0.15) is 0 Å². The average molecular weight is 259 g/mol. The molecule has 0 atom stereocenters. The van der Waals surface area contributed by atoms with Gasteiger partial charge in [-0.15, -0.1) is 0 Å². The van der Waals surface area contributed by atoms with Gasteiger partial charge in [0.05, 0.1) is 18.8 Å². The third-order valence-electron chi connectivity index (χ3n) is 2.25. The van der Waals surface area contributed by atoms with E-state index < -0.39 is 5.60 Å². The maximum Gasteiger partial charge on any atom is 0.167 e. The summed E-state index contributed by atoms with van der Waals surface area (Å²) < 4.78 is 10.9. The number of hydrogen-bond acceptors (Lipinski definition) is 3. The van der Waals surface area contributed by atoms with E-state index in [2.05, 4.69) is 0 Å². The highest BCUT2D eigenvalue weighted by molar-refractivity contribution is 6.30. The molecule has 0 saturated carbocycles. The molecule has 0 radical (unpaired) electrons. The number of aliphatic hydroxyl groups is 1. The molecule has 0 saturated heterocycles. The minimum atomic E-state index is -1.04. The van der Waals surface area contributed by atoms with Crippen molar-refractivity contribution in [2.75, 3.05) is 7.11 Å². The van der Waals surface area contributed by atoms with E-state index in [1.54, 1.807) is 33.1 Å². The molecule has 0 bridgehead atoms. The summed E-state index contributed by atoms with van der Waals surface area (Å²) in [5.41, 5.74) is -0.418. The number of rotatable bonds is 4. The zero-order chi connectivity index (χ0) is 13.2. The van der Waals surface area contributed by atoms with E-state index in [0.29, 0.717) is 22.1 Å². The van der Waals surface area contributed by atoms with Crippen molar-refractivity contribution >= 4 is 11.6 Å². The topological polar surface area (TPSA) is 38.7 Å². The van der Waals surface area contributed by atoms with Gasteiger partial charge >= 0.3 is 0 Å². The molecule has 0 amide bonds. The summed E-state index contributed by atoms with van der Waals surface area (Å²) in [5, 5.41) is 10.6. The van der Waals surface area contributed by atoms with Crippen LogP contribution in [0.1, 0.15) is 33.3 Å². The van der Waals surface area contributed by atoms with Crippen LogP contribution in [0.5, 0.6) is 11.5 Å². The minimum absolute atomic E-state index is 0.00817. The molecular weight excluding hydrogens is 240 g/mol. The molecule has 0 fully saturated rings. The van der Waals surface area contributed by atoms with Crippen LogP contribution >= 0.6 is 11.6 Å². The zero-order valence-corrected chi connectivity index (χ0v) is 11.6. The Bertz CT molecular complexity index is 394.